The molecule has 3 atom stereocenters. The first-order valence-electron chi connectivity index (χ1n) is 7.92. The van der Waals surface area contributed by atoms with E-state index in [0.717, 1.165) is 27.6 Å². The van der Waals surface area contributed by atoms with Gasteiger partial charge in [0.2, 0.25) is 6.79 Å². The average Bonchev–Trinajstić information content (AvgIpc) is 3.20. The molecule has 4 nitrogen and oxygen atoms in total. The van der Waals surface area contributed by atoms with Crippen molar-refractivity contribution >= 4 is 21.9 Å². The first-order chi connectivity index (χ1) is 10.7. The van der Waals surface area contributed by atoms with Crippen molar-refractivity contribution in [1.82, 2.24) is 0 Å². The standard InChI is InChI=1S/C17H19BrO4/c18-14-7-16-15(21-9-22-16)5-13(14)8-20-17(19)6-12-4-10-1-2-11(12)3-10/h5,7,10-12H,1-4,6,8-9H2/t10-,11-,12+/m1/s1. The van der Waals surface area contributed by atoms with Crippen molar-refractivity contribution in [2.45, 2.75) is 38.7 Å². The third-order valence-corrected chi connectivity index (χ3v) is 5.98. The van der Waals surface area contributed by atoms with Crippen LogP contribution in [0.25, 0.3) is 0 Å². The number of fused-ring (bicyclic) bond motifs is 3. The molecule has 1 aromatic rings. The Morgan fingerprint density at radius 3 is 2.77 bits per heavy atom. The summed E-state index contributed by atoms with van der Waals surface area (Å²) in [6.07, 6.45) is 5.78. The summed E-state index contributed by atoms with van der Waals surface area (Å²) in [5.41, 5.74) is 0.908. The Morgan fingerprint density at radius 2 is 2.05 bits per heavy atom. The maximum atomic E-state index is 12.1. The topological polar surface area (TPSA) is 44.8 Å². The lowest BCUT2D eigenvalue weighted by Gasteiger charge is -2.20. The number of hydrogen-bond donors (Lipinski definition) is 0. The van der Waals surface area contributed by atoms with Crippen molar-refractivity contribution in [1.29, 1.82) is 0 Å². The van der Waals surface area contributed by atoms with Crippen LogP contribution >= 0.6 is 15.9 Å². The number of ether oxygens (including phenoxy) is 3. The Morgan fingerprint density at radius 1 is 1.23 bits per heavy atom. The highest BCUT2D eigenvalue weighted by Crippen LogP contribution is 2.49. The first-order valence-corrected chi connectivity index (χ1v) is 8.72. The van der Waals surface area contributed by atoms with Gasteiger partial charge >= 0.3 is 5.97 Å². The highest BCUT2D eigenvalue weighted by Gasteiger charge is 2.40. The molecule has 118 valence electrons. The Hall–Kier alpha value is -1.23. The molecule has 0 amide bonds. The molecule has 3 aliphatic rings. The van der Waals surface area contributed by atoms with Crippen LogP contribution in [-0.4, -0.2) is 12.8 Å². The normalized spacial score (nSPS) is 28.1. The predicted molar refractivity (Wildman–Crippen MR) is 83.6 cm³/mol. The molecule has 2 bridgehead atoms. The van der Waals surface area contributed by atoms with Gasteiger partial charge in [-0.15, -0.1) is 0 Å². The summed E-state index contributed by atoms with van der Waals surface area (Å²) in [4.78, 5) is 12.1. The van der Waals surface area contributed by atoms with Gasteiger partial charge in [-0.2, -0.15) is 0 Å². The summed E-state index contributed by atoms with van der Waals surface area (Å²) in [6.45, 7) is 0.520. The van der Waals surface area contributed by atoms with Gasteiger partial charge in [-0.05, 0) is 49.1 Å². The van der Waals surface area contributed by atoms with Crippen LogP contribution in [0, 0.1) is 17.8 Å². The molecule has 0 unspecified atom stereocenters. The molecule has 1 aromatic carbocycles. The van der Waals surface area contributed by atoms with Crippen molar-refractivity contribution in [3.8, 4) is 11.5 Å². The van der Waals surface area contributed by atoms with Crippen molar-refractivity contribution in [3.63, 3.8) is 0 Å². The number of esters is 1. The molecule has 0 spiro atoms. The van der Waals surface area contributed by atoms with Crippen LogP contribution in [0.3, 0.4) is 0 Å². The third kappa shape index (κ3) is 2.71. The largest absolute Gasteiger partial charge is 0.461 e. The lowest BCUT2D eigenvalue weighted by Crippen LogP contribution is -2.17. The third-order valence-electron chi connectivity index (χ3n) is 5.24. The molecule has 1 aliphatic heterocycles. The van der Waals surface area contributed by atoms with Gasteiger partial charge in [-0.1, -0.05) is 22.4 Å². The minimum atomic E-state index is -0.0814. The van der Waals surface area contributed by atoms with Crippen LogP contribution in [0.2, 0.25) is 0 Å². The number of carbonyl (C=O) groups is 1. The van der Waals surface area contributed by atoms with Gasteiger partial charge < -0.3 is 14.2 Å². The van der Waals surface area contributed by atoms with E-state index in [-0.39, 0.29) is 19.4 Å². The second-order valence-electron chi connectivity index (χ2n) is 6.60. The summed E-state index contributed by atoms with van der Waals surface area (Å²) in [7, 11) is 0. The number of benzene rings is 1. The molecule has 2 fully saturated rings. The van der Waals surface area contributed by atoms with E-state index in [1.54, 1.807) is 0 Å². The van der Waals surface area contributed by atoms with E-state index in [9.17, 15) is 4.79 Å². The van der Waals surface area contributed by atoms with Gasteiger partial charge in [0.25, 0.3) is 0 Å². The summed E-state index contributed by atoms with van der Waals surface area (Å²) >= 11 is 3.49. The molecule has 0 saturated heterocycles. The number of halogens is 1. The zero-order valence-corrected chi connectivity index (χ0v) is 13.9. The van der Waals surface area contributed by atoms with E-state index < -0.39 is 0 Å². The fourth-order valence-electron chi connectivity index (χ4n) is 4.13. The molecular formula is C17H19BrO4. The number of rotatable bonds is 4. The first kappa shape index (κ1) is 14.4. The molecule has 2 aliphatic carbocycles. The lowest BCUT2D eigenvalue weighted by molar-refractivity contribution is -0.146. The molecule has 1 heterocycles. The van der Waals surface area contributed by atoms with Crippen molar-refractivity contribution in [2.24, 2.45) is 17.8 Å². The van der Waals surface area contributed by atoms with E-state index >= 15 is 0 Å². The van der Waals surface area contributed by atoms with Gasteiger partial charge in [-0.3, -0.25) is 4.79 Å². The molecule has 22 heavy (non-hydrogen) atoms. The van der Waals surface area contributed by atoms with E-state index in [1.165, 1.54) is 25.7 Å². The molecule has 0 N–H and O–H groups in total. The van der Waals surface area contributed by atoms with Crippen molar-refractivity contribution in [2.75, 3.05) is 6.79 Å². The Labute approximate surface area is 138 Å². The van der Waals surface area contributed by atoms with Crippen molar-refractivity contribution in [3.05, 3.63) is 22.2 Å². The zero-order chi connectivity index (χ0) is 15.1. The maximum Gasteiger partial charge on any atom is 0.306 e. The summed E-state index contributed by atoms with van der Waals surface area (Å²) in [5.74, 6) is 3.53. The van der Waals surface area contributed by atoms with E-state index in [2.05, 4.69) is 15.9 Å². The monoisotopic (exact) mass is 366 g/mol. The molecule has 2 saturated carbocycles. The van der Waals surface area contributed by atoms with Crippen molar-refractivity contribution < 1.29 is 19.0 Å². The Balaban J connectivity index is 1.33. The smallest absolute Gasteiger partial charge is 0.306 e. The quantitative estimate of drug-likeness (QED) is 0.754. The maximum absolute atomic E-state index is 12.1. The summed E-state index contributed by atoms with van der Waals surface area (Å²) in [5, 5.41) is 0. The number of carbonyl (C=O) groups excluding carboxylic acids is 1. The summed E-state index contributed by atoms with van der Waals surface area (Å²) < 4.78 is 17.0. The van der Waals surface area contributed by atoms with Crippen LogP contribution < -0.4 is 9.47 Å². The lowest BCUT2D eigenvalue weighted by atomic mass is 9.86. The molecule has 5 heteroatoms. The molecule has 0 radical (unpaired) electrons. The van der Waals surface area contributed by atoms with Gasteiger partial charge in [-0.25, -0.2) is 0 Å². The minimum Gasteiger partial charge on any atom is -0.461 e. The SMILES string of the molecule is O=C(C[C@@H]1C[C@@H]2CC[C@@H]1C2)OCc1cc2c(cc1Br)OCO2. The fourth-order valence-corrected chi connectivity index (χ4v) is 4.56. The van der Waals surface area contributed by atoms with Crippen LogP contribution in [-0.2, 0) is 16.1 Å². The minimum absolute atomic E-state index is 0.0814. The van der Waals surface area contributed by atoms with Gasteiger partial charge in [0, 0.05) is 16.5 Å². The van der Waals surface area contributed by atoms with Gasteiger partial charge in [0.1, 0.15) is 6.61 Å². The zero-order valence-electron chi connectivity index (χ0n) is 12.3. The molecule has 0 aromatic heterocycles. The summed E-state index contributed by atoms with van der Waals surface area (Å²) in [6, 6.07) is 3.73. The highest BCUT2D eigenvalue weighted by molar-refractivity contribution is 9.10. The van der Waals surface area contributed by atoms with Crippen LogP contribution in [0.1, 0.15) is 37.7 Å². The van der Waals surface area contributed by atoms with Gasteiger partial charge in [0.05, 0.1) is 0 Å². The fraction of sp³-hybridized carbons (Fsp3) is 0.588. The highest BCUT2D eigenvalue weighted by atomic mass is 79.9. The average molecular weight is 367 g/mol. The Bertz CT molecular complexity index is 601. The molecular weight excluding hydrogens is 348 g/mol. The molecule has 4 rings (SSSR count). The Kier molecular flexibility index (Phi) is 3.76. The van der Waals surface area contributed by atoms with E-state index in [4.69, 9.17) is 14.2 Å². The van der Waals surface area contributed by atoms with Crippen LogP contribution in [0.5, 0.6) is 11.5 Å². The number of hydrogen-bond acceptors (Lipinski definition) is 4. The second kappa shape index (κ2) is 5.76. The van der Waals surface area contributed by atoms with Crippen LogP contribution in [0.15, 0.2) is 16.6 Å². The van der Waals surface area contributed by atoms with E-state index in [0.29, 0.717) is 18.1 Å². The van der Waals surface area contributed by atoms with Gasteiger partial charge in [0.15, 0.2) is 11.5 Å². The predicted octanol–water partition coefficient (Wildman–Crippen LogP) is 4.05. The second-order valence-corrected chi connectivity index (χ2v) is 7.45. The van der Waals surface area contributed by atoms with E-state index in [1.807, 2.05) is 12.1 Å². The van der Waals surface area contributed by atoms with Crippen LogP contribution in [0.4, 0.5) is 0 Å².